The third-order valence-corrected chi connectivity index (χ3v) is 4.63. The monoisotopic (exact) mass is 311 g/mol. The lowest BCUT2D eigenvalue weighted by Crippen LogP contribution is -2.30. The maximum absolute atomic E-state index is 11.6. The van der Waals surface area contributed by atoms with Gasteiger partial charge < -0.3 is 14.4 Å². The summed E-state index contributed by atoms with van der Waals surface area (Å²) in [4.78, 5) is 11.6. The summed E-state index contributed by atoms with van der Waals surface area (Å²) in [6.45, 7) is 3.22. The van der Waals surface area contributed by atoms with Crippen LogP contribution in [0.4, 0.5) is 0 Å². The van der Waals surface area contributed by atoms with Crippen molar-refractivity contribution in [2.75, 3.05) is 13.2 Å². The number of nitrogens with zero attached hydrogens (tertiary/aromatic N) is 3. The number of para-hydroxylation sites is 1. The molecule has 6 heteroatoms. The third kappa shape index (κ3) is 1.98. The van der Waals surface area contributed by atoms with Gasteiger partial charge in [-0.2, -0.15) is 5.10 Å². The summed E-state index contributed by atoms with van der Waals surface area (Å²) in [7, 11) is 1.90. The van der Waals surface area contributed by atoms with Crippen LogP contribution < -0.4 is 0 Å². The van der Waals surface area contributed by atoms with Crippen molar-refractivity contribution in [2.24, 2.45) is 7.05 Å². The van der Waals surface area contributed by atoms with Gasteiger partial charge in [-0.05, 0) is 6.92 Å². The zero-order valence-electron chi connectivity index (χ0n) is 13.0. The van der Waals surface area contributed by atoms with E-state index in [1.807, 2.05) is 53.8 Å². The number of carboxylic acids is 1. The van der Waals surface area contributed by atoms with Crippen molar-refractivity contribution in [1.82, 2.24) is 14.3 Å². The first-order chi connectivity index (χ1) is 11.1. The van der Waals surface area contributed by atoms with Gasteiger partial charge in [0.05, 0.1) is 36.5 Å². The maximum Gasteiger partial charge on any atom is 0.338 e. The van der Waals surface area contributed by atoms with Gasteiger partial charge in [0.15, 0.2) is 0 Å². The van der Waals surface area contributed by atoms with Crippen LogP contribution >= 0.6 is 0 Å². The van der Waals surface area contributed by atoms with Gasteiger partial charge in [0.2, 0.25) is 0 Å². The minimum Gasteiger partial charge on any atom is -0.478 e. The molecule has 6 nitrogen and oxygen atoms in total. The zero-order chi connectivity index (χ0) is 16.1. The minimum absolute atomic E-state index is 0.299. The molecule has 1 fully saturated rings. The molecule has 0 radical (unpaired) electrons. The molecule has 0 spiro atoms. The average molecular weight is 311 g/mol. The quantitative estimate of drug-likeness (QED) is 0.807. The Bertz CT molecular complexity index is 919. The number of fused-ring (bicyclic) bond motifs is 1. The molecule has 0 unspecified atom stereocenters. The number of ether oxygens (including phenoxy) is 1. The Hall–Kier alpha value is -2.60. The third-order valence-electron chi connectivity index (χ3n) is 4.63. The van der Waals surface area contributed by atoms with Crippen molar-refractivity contribution < 1.29 is 14.6 Å². The molecule has 0 atom stereocenters. The second-order valence-electron chi connectivity index (χ2n) is 5.93. The van der Waals surface area contributed by atoms with Gasteiger partial charge in [-0.3, -0.25) is 4.68 Å². The van der Waals surface area contributed by atoms with Gasteiger partial charge in [-0.1, -0.05) is 18.2 Å². The SMILES string of the molecule is Cc1c(C(=O)O)c2cccc(-c3cnn(C4COC4)c3)c2n1C. The van der Waals surface area contributed by atoms with Crippen LogP contribution in [-0.4, -0.2) is 38.6 Å². The first kappa shape index (κ1) is 14.0. The van der Waals surface area contributed by atoms with E-state index in [2.05, 4.69) is 5.10 Å². The van der Waals surface area contributed by atoms with Crippen LogP contribution in [0.5, 0.6) is 0 Å². The van der Waals surface area contributed by atoms with E-state index in [4.69, 9.17) is 4.74 Å². The molecule has 3 aromatic rings. The number of rotatable bonds is 3. The Morgan fingerprint density at radius 1 is 1.39 bits per heavy atom. The lowest BCUT2D eigenvalue weighted by Gasteiger charge is -2.25. The standard InChI is InChI=1S/C17H17N3O3/c1-10-15(17(21)22)14-5-3-4-13(16(14)19(10)2)11-6-18-20(7-11)12-8-23-9-12/h3-7,12H,8-9H2,1-2H3,(H,21,22). The lowest BCUT2D eigenvalue weighted by molar-refractivity contribution is -0.0286. The molecule has 1 aliphatic rings. The Morgan fingerprint density at radius 2 is 2.17 bits per heavy atom. The van der Waals surface area contributed by atoms with E-state index >= 15 is 0 Å². The Balaban J connectivity index is 1.92. The number of hydrogen-bond donors (Lipinski definition) is 1. The first-order valence-electron chi connectivity index (χ1n) is 7.51. The number of aromatic nitrogens is 3. The van der Waals surface area contributed by atoms with Gasteiger partial charge in [0, 0.05) is 35.5 Å². The predicted octanol–water partition coefficient (Wildman–Crippen LogP) is 2.62. The Labute approximate surface area is 132 Å². The summed E-state index contributed by atoms with van der Waals surface area (Å²) < 4.78 is 9.07. The normalized spacial score (nSPS) is 15.0. The highest BCUT2D eigenvalue weighted by atomic mass is 16.5. The summed E-state index contributed by atoms with van der Waals surface area (Å²) in [5.74, 6) is -0.896. The fourth-order valence-electron chi connectivity index (χ4n) is 3.19. The van der Waals surface area contributed by atoms with Crippen LogP contribution in [-0.2, 0) is 11.8 Å². The van der Waals surface area contributed by atoms with Crippen molar-refractivity contribution in [3.05, 3.63) is 41.9 Å². The predicted molar refractivity (Wildman–Crippen MR) is 85.7 cm³/mol. The molecule has 23 heavy (non-hydrogen) atoms. The first-order valence-corrected chi connectivity index (χ1v) is 7.51. The number of aryl methyl sites for hydroxylation is 1. The van der Waals surface area contributed by atoms with Gasteiger partial charge in [0.1, 0.15) is 0 Å². The van der Waals surface area contributed by atoms with Crippen LogP contribution in [0.25, 0.3) is 22.0 Å². The number of benzene rings is 1. The topological polar surface area (TPSA) is 69.3 Å². The highest BCUT2D eigenvalue weighted by Crippen LogP contribution is 2.34. The summed E-state index contributed by atoms with van der Waals surface area (Å²) in [6, 6.07) is 6.06. The molecule has 1 aromatic carbocycles. The van der Waals surface area contributed by atoms with Crippen molar-refractivity contribution in [3.8, 4) is 11.1 Å². The molecule has 2 aromatic heterocycles. The van der Waals surface area contributed by atoms with Crippen molar-refractivity contribution >= 4 is 16.9 Å². The van der Waals surface area contributed by atoms with E-state index in [0.717, 1.165) is 27.7 Å². The average Bonchev–Trinajstić information content (AvgIpc) is 3.02. The molecular weight excluding hydrogens is 294 g/mol. The second kappa shape index (κ2) is 4.96. The summed E-state index contributed by atoms with van der Waals surface area (Å²) in [5.41, 5.74) is 4.02. The van der Waals surface area contributed by atoms with E-state index in [1.165, 1.54) is 0 Å². The maximum atomic E-state index is 11.6. The van der Waals surface area contributed by atoms with E-state index in [0.29, 0.717) is 24.8 Å². The van der Waals surface area contributed by atoms with E-state index < -0.39 is 5.97 Å². The van der Waals surface area contributed by atoms with E-state index in [1.54, 1.807) is 0 Å². The second-order valence-corrected chi connectivity index (χ2v) is 5.93. The van der Waals surface area contributed by atoms with Gasteiger partial charge in [0.25, 0.3) is 0 Å². The molecule has 0 bridgehead atoms. The van der Waals surface area contributed by atoms with Crippen LogP contribution in [0.2, 0.25) is 0 Å². The molecule has 1 aliphatic heterocycles. The summed E-state index contributed by atoms with van der Waals surface area (Å²) >= 11 is 0. The fraction of sp³-hybridized carbons (Fsp3) is 0.294. The van der Waals surface area contributed by atoms with E-state index in [9.17, 15) is 9.90 Å². The summed E-state index contributed by atoms with van der Waals surface area (Å²) in [5, 5.41) is 14.7. The Kier molecular flexibility index (Phi) is 3.02. The van der Waals surface area contributed by atoms with Crippen molar-refractivity contribution in [1.29, 1.82) is 0 Å². The molecule has 0 aliphatic carbocycles. The minimum atomic E-state index is -0.896. The number of hydrogen-bond acceptors (Lipinski definition) is 3. The molecule has 0 saturated carbocycles. The van der Waals surface area contributed by atoms with Crippen molar-refractivity contribution in [3.63, 3.8) is 0 Å². The number of aromatic carboxylic acids is 1. The van der Waals surface area contributed by atoms with Gasteiger partial charge in [-0.15, -0.1) is 0 Å². The van der Waals surface area contributed by atoms with Crippen LogP contribution in [0.3, 0.4) is 0 Å². The number of carboxylic acid groups (broad SMARTS) is 1. The highest BCUT2D eigenvalue weighted by molar-refractivity contribution is 6.08. The smallest absolute Gasteiger partial charge is 0.338 e. The molecule has 1 N–H and O–H groups in total. The van der Waals surface area contributed by atoms with E-state index in [-0.39, 0.29) is 0 Å². The molecule has 118 valence electrons. The molecular formula is C17H17N3O3. The Morgan fingerprint density at radius 3 is 2.83 bits per heavy atom. The highest BCUT2D eigenvalue weighted by Gasteiger charge is 2.23. The largest absolute Gasteiger partial charge is 0.478 e. The van der Waals surface area contributed by atoms with Crippen LogP contribution in [0.15, 0.2) is 30.6 Å². The van der Waals surface area contributed by atoms with Gasteiger partial charge in [-0.25, -0.2) is 4.79 Å². The number of carbonyl (C=O) groups is 1. The molecule has 0 amide bonds. The van der Waals surface area contributed by atoms with Crippen LogP contribution in [0.1, 0.15) is 22.1 Å². The van der Waals surface area contributed by atoms with Crippen LogP contribution in [0, 0.1) is 6.92 Å². The molecule has 4 rings (SSSR count). The lowest BCUT2D eigenvalue weighted by atomic mass is 10.0. The molecule has 1 saturated heterocycles. The fourth-order valence-corrected chi connectivity index (χ4v) is 3.19. The zero-order valence-corrected chi connectivity index (χ0v) is 13.0. The van der Waals surface area contributed by atoms with Crippen molar-refractivity contribution in [2.45, 2.75) is 13.0 Å². The molecule has 3 heterocycles. The van der Waals surface area contributed by atoms with Gasteiger partial charge >= 0.3 is 5.97 Å². The summed E-state index contributed by atoms with van der Waals surface area (Å²) in [6.07, 6.45) is 3.83.